The lowest BCUT2D eigenvalue weighted by Crippen LogP contribution is -2.21. The Kier molecular flexibility index (Phi) is 4.37. The molecule has 6 nitrogen and oxygen atoms in total. The Hall–Kier alpha value is -1.97. The molecule has 1 aliphatic rings. The van der Waals surface area contributed by atoms with E-state index in [1.54, 1.807) is 0 Å². The zero-order chi connectivity index (χ0) is 18.4. The molecule has 27 heavy (non-hydrogen) atoms. The molecule has 0 saturated heterocycles. The van der Waals surface area contributed by atoms with Crippen molar-refractivity contribution in [1.29, 1.82) is 0 Å². The van der Waals surface area contributed by atoms with Crippen LogP contribution in [-0.4, -0.2) is 19.7 Å². The van der Waals surface area contributed by atoms with E-state index in [0.29, 0.717) is 17.5 Å². The molecule has 0 N–H and O–H groups in total. The highest BCUT2D eigenvalue weighted by Gasteiger charge is 2.29. The Morgan fingerprint density at radius 1 is 1.22 bits per heavy atom. The Bertz CT molecular complexity index is 1180. The van der Waals surface area contributed by atoms with Crippen LogP contribution >= 0.6 is 39.0 Å². The van der Waals surface area contributed by atoms with Crippen molar-refractivity contribution in [3.63, 3.8) is 0 Å². The van der Waals surface area contributed by atoms with Gasteiger partial charge in [0.2, 0.25) is 11.7 Å². The minimum atomic E-state index is 0.0566. The molecule has 0 radical (unpaired) electrons. The SMILES string of the molecule is O=c1c2sccc2nc(SCc2nc(-c3ccc(Br)cc3)no2)n1C1CC1. The fourth-order valence-corrected chi connectivity index (χ4v) is 4.75. The molecule has 9 heteroatoms. The highest BCUT2D eigenvalue weighted by Crippen LogP contribution is 2.37. The van der Waals surface area contributed by atoms with Crippen LogP contribution in [0, 0.1) is 0 Å². The molecule has 1 aliphatic carbocycles. The van der Waals surface area contributed by atoms with Crippen LogP contribution in [0.2, 0.25) is 0 Å². The normalized spacial score (nSPS) is 14.1. The van der Waals surface area contributed by atoms with Crippen LogP contribution in [0.25, 0.3) is 21.6 Å². The standard InChI is InChI=1S/C18H13BrN4O2S2/c19-11-3-1-10(2-4-11)16-21-14(25-22-16)9-27-18-20-13-7-8-26-15(13)17(24)23(18)12-5-6-12/h1-4,7-8,12H,5-6,9H2. The van der Waals surface area contributed by atoms with Crippen molar-refractivity contribution in [3.05, 3.63) is 56.4 Å². The van der Waals surface area contributed by atoms with Crippen molar-refractivity contribution in [2.45, 2.75) is 29.8 Å². The number of benzene rings is 1. The van der Waals surface area contributed by atoms with Gasteiger partial charge in [-0.25, -0.2) is 4.98 Å². The lowest BCUT2D eigenvalue weighted by Gasteiger charge is -2.09. The molecule has 5 rings (SSSR count). The minimum Gasteiger partial charge on any atom is -0.338 e. The molecule has 136 valence electrons. The third-order valence-electron chi connectivity index (χ3n) is 4.29. The van der Waals surface area contributed by atoms with E-state index in [1.165, 1.54) is 23.1 Å². The van der Waals surface area contributed by atoms with Gasteiger partial charge < -0.3 is 4.52 Å². The molecular formula is C18H13BrN4O2S2. The molecule has 3 aromatic heterocycles. The third kappa shape index (κ3) is 3.35. The van der Waals surface area contributed by atoms with Crippen LogP contribution in [-0.2, 0) is 5.75 Å². The van der Waals surface area contributed by atoms with E-state index in [-0.39, 0.29) is 11.6 Å². The van der Waals surface area contributed by atoms with E-state index in [4.69, 9.17) is 4.52 Å². The molecule has 1 aromatic carbocycles. The van der Waals surface area contributed by atoms with E-state index in [1.807, 2.05) is 40.3 Å². The van der Waals surface area contributed by atoms with Gasteiger partial charge in [-0.05, 0) is 48.6 Å². The minimum absolute atomic E-state index is 0.0566. The zero-order valence-electron chi connectivity index (χ0n) is 14.0. The molecule has 0 unspecified atom stereocenters. The van der Waals surface area contributed by atoms with Gasteiger partial charge in [0.1, 0.15) is 4.70 Å². The Labute approximate surface area is 170 Å². The summed E-state index contributed by atoms with van der Waals surface area (Å²) >= 11 is 6.33. The number of hydrogen-bond acceptors (Lipinski definition) is 7. The van der Waals surface area contributed by atoms with E-state index >= 15 is 0 Å². The summed E-state index contributed by atoms with van der Waals surface area (Å²) < 4.78 is 8.93. The molecule has 0 spiro atoms. The van der Waals surface area contributed by atoms with Crippen molar-refractivity contribution in [1.82, 2.24) is 19.7 Å². The first-order valence-electron chi connectivity index (χ1n) is 8.40. The first-order chi connectivity index (χ1) is 13.2. The van der Waals surface area contributed by atoms with Gasteiger partial charge in [-0.3, -0.25) is 9.36 Å². The van der Waals surface area contributed by atoms with Crippen LogP contribution in [0.4, 0.5) is 0 Å². The van der Waals surface area contributed by atoms with Gasteiger partial charge in [0.25, 0.3) is 5.56 Å². The summed E-state index contributed by atoms with van der Waals surface area (Å²) in [6.45, 7) is 0. The highest BCUT2D eigenvalue weighted by atomic mass is 79.9. The number of rotatable bonds is 5. The number of halogens is 1. The van der Waals surface area contributed by atoms with Crippen molar-refractivity contribution in [3.8, 4) is 11.4 Å². The Morgan fingerprint density at radius 2 is 2.04 bits per heavy atom. The summed E-state index contributed by atoms with van der Waals surface area (Å²) in [6.07, 6.45) is 2.06. The second kappa shape index (κ2) is 6.88. The fourth-order valence-electron chi connectivity index (χ4n) is 2.82. The quantitative estimate of drug-likeness (QED) is 0.311. The molecule has 0 amide bonds. The van der Waals surface area contributed by atoms with Gasteiger partial charge in [0, 0.05) is 16.1 Å². The van der Waals surface area contributed by atoms with Crippen LogP contribution in [0.15, 0.2) is 54.7 Å². The number of thiophene rings is 1. The van der Waals surface area contributed by atoms with Crippen molar-refractivity contribution >= 4 is 49.2 Å². The summed E-state index contributed by atoms with van der Waals surface area (Å²) in [6, 6.07) is 9.90. The van der Waals surface area contributed by atoms with Crippen LogP contribution in [0.1, 0.15) is 24.8 Å². The van der Waals surface area contributed by atoms with Gasteiger partial charge in [0.05, 0.1) is 11.3 Å². The molecule has 0 atom stereocenters. The van der Waals surface area contributed by atoms with Gasteiger partial charge >= 0.3 is 0 Å². The summed E-state index contributed by atoms with van der Waals surface area (Å²) in [5.74, 6) is 1.54. The number of aromatic nitrogens is 4. The number of thioether (sulfide) groups is 1. The van der Waals surface area contributed by atoms with E-state index < -0.39 is 0 Å². The largest absolute Gasteiger partial charge is 0.338 e. The number of nitrogens with zero attached hydrogens (tertiary/aromatic N) is 4. The van der Waals surface area contributed by atoms with Crippen LogP contribution < -0.4 is 5.56 Å². The molecule has 1 saturated carbocycles. The van der Waals surface area contributed by atoms with E-state index in [0.717, 1.165) is 38.3 Å². The molecule has 0 bridgehead atoms. The van der Waals surface area contributed by atoms with Crippen molar-refractivity contribution in [2.75, 3.05) is 0 Å². The van der Waals surface area contributed by atoms with Crippen LogP contribution in [0.5, 0.6) is 0 Å². The average molecular weight is 461 g/mol. The predicted octanol–water partition coefficient (Wildman–Crippen LogP) is 4.90. The first kappa shape index (κ1) is 17.2. The molecule has 4 aromatic rings. The summed E-state index contributed by atoms with van der Waals surface area (Å²) in [7, 11) is 0. The first-order valence-corrected chi connectivity index (χ1v) is 11.1. The van der Waals surface area contributed by atoms with E-state index in [2.05, 4.69) is 31.1 Å². The highest BCUT2D eigenvalue weighted by molar-refractivity contribution is 9.10. The molecule has 1 fully saturated rings. The average Bonchev–Trinajstić information content (AvgIpc) is 3.19. The van der Waals surface area contributed by atoms with Gasteiger partial charge in [-0.2, -0.15) is 4.98 Å². The zero-order valence-corrected chi connectivity index (χ0v) is 17.2. The molecule has 0 aliphatic heterocycles. The summed E-state index contributed by atoms with van der Waals surface area (Å²) in [5, 5.41) is 6.68. The number of hydrogen-bond donors (Lipinski definition) is 0. The fraction of sp³-hybridized carbons (Fsp3) is 0.222. The van der Waals surface area contributed by atoms with Crippen LogP contribution in [0.3, 0.4) is 0 Å². The van der Waals surface area contributed by atoms with Crippen molar-refractivity contribution < 1.29 is 4.52 Å². The summed E-state index contributed by atoms with van der Waals surface area (Å²) in [5.41, 5.74) is 1.71. The molecule has 3 heterocycles. The van der Waals surface area contributed by atoms with Gasteiger partial charge in [-0.15, -0.1) is 11.3 Å². The third-order valence-corrected chi connectivity index (χ3v) is 6.64. The second-order valence-electron chi connectivity index (χ2n) is 6.24. The monoisotopic (exact) mass is 460 g/mol. The van der Waals surface area contributed by atoms with Gasteiger partial charge in [0.15, 0.2) is 5.16 Å². The maximum absolute atomic E-state index is 12.8. The van der Waals surface area contributed by atoms with E-state index in [9.17, 15) is 4.79 Å². The number of fused-ring (bicyclic) bond motifs is 1. The Morgan fingerprint density at radius 3 is 2.81 bits per heavy atom. The lowest BCUT2D eigenvalue weighted by atomic mass is 10.2. The summed E-state index contributed by atoms with van der Waals surface area (Å²) in [4.78, 5) is 21.9. The smallest absolute Gasteiger partial charge is 0.272 e. The predicted molar refractivity (Wildman–Crippen MR) is 109 cm³/mol. The molecular weight excluding hydrogens is 448 g/mol. The maximum Gasteiger partial charge on any atom is 0.272 e. The second-order valence-corrected chi connectivity index (χ2v) is 9.02. The lowest BCUT2D eigenvalue weighted by molar-refractivity contribution is 0.391. The topological polar surface area (TPSA) is 73.8 Å². The Balaban J connectivity index is 1.41. The van der Waals surface area contributed by atoms with Crippen molar-refractivity contribution in [2.24, 2.45) is 0 Å². The maximum atomic E-state index is 12.8. The van der Waals surface area contributed by atoms with Gasteiger partial charge in [-0.1, -0.05) is 32.8 Å².